The van der Waals surface area contributed by atoms with Crippen LogP contribution in [0.25, 0.3) is 44.5 Å². The van der Waals surface area contributed by atoms with Crippen LogP contribution in [0.5, 0.6) is 0 Å². The second-order valence-corrected chi connectivity index (χ2v) is 9.68. The maximum atomic E-state index is 9.61. The molecule has 5 aromatic rings. The van der Waals surface area contributed by atoms with Crippen molar-refractivity contribution in [1.29, 1.82) is 0 Å². The van der Waals surface area contributed by atoms with E-state index in [1.807, 2.05) is 13.0 Å². The Hall–Kier alpha value is -3.46. The highest BCUT2D eigenvalue weighted by molar-refractivity contribution is 6.10. The molecule has 1 aliphatic rings. The maximum absolute atomic E-state index is 9.61. The van der Waals surface area contributed by atoms with E-state index >= 15 is 0 Å². The molecule has 3 heteroatoms. The van der Waals surface area contributed by atoms with Crippen molar-refractivity contribution in [2.45, 2.75) is 59.5 Å². The minimum Gasteiger partial charge on any atom is -0.437 e. The second kappa shape index (κ2) is 8.55. The van der Waals surface area contributed by atoms with E-state index in [4.69, 9.17) is 24.5 Å². The number of aromatic nitrogens is 2. The summed E-state index contributed by atoms with van der Waals surface area (Å²) in [5, 5.41) is 0.991. The van der Waals surface area contributed by atoms with E-state index in [0.717, 1.165) is 19.4 Å². The number of furan rings is 1. The Morgan fingerprint density at radius 3 is 2.54 bits per heavy atom. The van der Waals surface area contributed by atoms with Gasteiger partial charge in [-0.15, -0.1) is 0 Å². The average Bonchev–Trinajstić information content (AvgIpc) is 3.51. The standard InChI is InChI=1S/C34H37N2O/c1-20(2)17-34(18-21(3)4)28-11-9-8-10-24(28)26-16-27-25-14-13-23(6)30(29-15-12-22(5)19-36(29)7)31(25)37-33(27)35-32(26)34/h8-16,19-21H,17-18H2,1-7H3/q+1/i1D3,3D3,5D3,17D2,18D2,20D,21D. The summed E-state index contributed by atoms with van der Waals surface area (Å²) in [5.41, 5.74) is -0.802. The van der Waals surface area contributed by atoms with E-state index in [0.29, 0.717) is 27.6 Å². The van der Waals surface area contributed by atoms with E-state index in [1.165, 1.54) is 24.4 Å². The molecule has 0 amide bonds. The van der Waals surface area contributed by atoms with Gasteiger partial charge in [0.05, 0.1) is 11.3 Å². The fourth-order valence-electron chi connectivity index (χ4n) is 5.56. The highest BCUT2D eigenvalue weighted by Crippen LogP contribution is 2.55. The number of hydrogen-bond acceptors (Lipinski definition) is 2. The largest absolute Gasteiger partial charge is 0.437 e. The molecular weight excluding hydrogens is 452 g/mol. The van der Waals surface area contributed by atoms with Crippen LogP contribution < -0.4 is 4.57 Å². The molecule has 1 aliphatic carbocycles. The zero-order valence-electron chi connectivity index (χ0n) is 36.1. The molecule has 0 radical (unpaired) electrons. The summed E-state index contributed by atoms with van der Waals surface area (Å²) in [6.07, 6.45) is -5.40. The number of pyridine rings is 2. The summed E-state index contributed by atoms with van der Waals surface area (Å²) in [6.45, 7) is -5.57. The third-order valence-corrected chi connectivity index (χ3v) is 6.96. The van der Waals surface area contributed by atoms with Gasteiger partial charge in [0.25, 0.3) is 0 Å². The molecule has 0 fully saturated rings. The van der Waals surface area contributed by atoms with Gasteiger partial charge in [-0.2, -0.15) is 0 Å². The van der Waals surface area contributed by atoms with Crippen molar-refractivity contribution in [2.24, 2.45) is 18.8 Å². The van der Waals surface area contributed by atoms with Crippen molar-refractivity contribution < 1.29 is 29.5 Å². The molecule has 2 atom stereocenters. The Bertz CT molecular complexity index is 2220. The van der Waals surface area contributed by atoms with E-state index in [-0.39, 0.29) is 28.0 Å². The van der Waals surface area contributed by atoms with Crippen LogP contribution in [-0.2, 0) is 12.5 Å². The highest BCUT2D eigenvalue weighted by atomic mass is 16.3. The minimum atomic E-state index is -3.45. The first kappa shape index (κ1) is 12.4. The van der Waals surface area contributed by atoms with Gasteiger partial charge < -0.3 is 4.42 Å². The van der Waals surface area contributed by atoms with Gasteiger partial charge in [0.15, 0.2) is 11.8 Å². The van der Waals surface area contributed by atoms with E-state index in [9.17, 15) is 5.48 Å². The van der Waals surface area contributed by atoms with Gasteiger partial charge in [0, 0.05) is 53.9 Å². The van der Waals surface area contributed by atoms with Crippen LogP contribution >= 0.6 is 0 Å². The number of rotatable bonds is 5. The van der Waals surface area contributed by atoms with Crippen LogP contribution in [0.2, 0.25) is 0 Å². The lowest BCUT2D eigenvalue weighted by Crippen LogP contribution is -2.31. The highest BCUT2D eigenvalue weighted by Gasteiger charge is 2.45. The van der Waals surface area contributed by atoms with Crippen LogP contribution in [0.1, 0.15) is 83.2 Å². The minimum absolute atomic E-state index is 0.104. The smallest absolute Gasteiger partial charge is 0.227 e. The van der Waals surface area contributed by atoms with E-state index in [1.54, 1.807) is 41.9 Å². The van der Waals surface area contributed by atoms with Gasteiger partial charge in [-0.1, -0.05) is 63.9 Å². The Balaban J connectivity index is 1.78. The summed E-state index contributed by atoms with van der Waals surface area (Å²) in [5.74, 6) is -6.14. The third-order valence-electron chi connectivity index (χ3n) is 6.96. The van der Waals surface area contributed by atoms with Crippen LogP contribution in [0, 0.1) is 25.6 Å². The molecule has 3 heterocycles. The zero-order valence-corrected chi connectivity index (χ0v) is 21.1. The normalized spacial score (nSPS) is 27.7. The van der Waals surface area contributed by atoms with Gasteiger partial charge in [0.1, 0.15) is 7.05 Å². The van der Waals surface area contributed by atoms with Crippen molar-refractivity contribution in [2.75, 3.05) is 0 Å². The number of nitrogens with zero attached hydrogens (tertiary/aromatic N) is 2. The van der Waals surface area contributed by atoms with E-state index < -0.39 is 56.2 Å². The van der Waals surface area contributed by atoms with Gasteiger partial charge >= 0.3 is 0 Å². The third kappa shape index (κ3) is 3.62. The monoisotopic (exact) mass is 504 g/mol. The quantitative estimate of drug-likeness (QED) is 0.225. The molecule has 2 aromatic carbocycles. The Labute approximate surface area is 241 Å². The topological polar surface area (TPSA) is 29.9 Å². The van der Waals surface area contributed by atoms with Crippen molar-refractivity contribution in [3.8, 4) is 22.4 Å². The lowest BCUT2D eigenvalue weighted by molar-refractivity contribution is -0.660. The fourth-order valence-corrected chi connectivity index (χ4v) is 5.56. The summed E-state index contributed by atoms with van der Waals surface area (Å²) in [4.78, 5) is 4.76. The van der Waals surface area contributed by atoms with Crippen LogP contribution in [0.3, 0.4) is 0 Å². The molecule has 3 nitrogen and oxygen atoms in total. The molecule has 0 spiro atoms. The second-order valence-electron chi connectivity index (χ2n) is 9.68. The average molecular weight is 505 g/mol. The number of fused-ring (bicyclic) bond motifs is 6. The predicted octanol–water partition coefficient (Wildman–Crippen LogP) is 8.45. The molecule has 6 rings (SSSR count). The molecule has 0 N–H and O–H groups in total. The zero-order chi connectivity index (χ0) is 39.0. The maximum Gasteiger partial charge on any atom is 0.227 e. The van der Waals surface area contributed by atoms with Crippen molar-refractivity contribution in [3.63, 3.8) is 0 Å². The summed E-state index contributed by atoms with van der Waals surface area (Å²) in [7, 11) is 1.69. The van der Waals surface area contributed by atoms with Gasteiger partial charge in [-0.05, 0) is 67.1 Å². The molecule has 3 aromatic heterocycles. The Kier molecular flexibility index (Phi) is 2.86. The van der Waals surface area contributed by atoms with Gasteiger partial charge in [-0.3, -0.25) is 0 Å². The van der Waals surface area contributed by atoms with Crippen molar-refractivity contribution >= 4 is 22.1 Å². The van der Waals surface area contributed by atoms with Crippen LogP contribution in [-0.4, -0.2) is 4.98 Å². The SMILES string of the molecule is [2H]C([2H])([2H])c1ccc(-c2c(C)ccc3c2oc2nc4c(cc23)-c2ccccc2C4(C([2H])([2H])C([2H])(C)C([2H])([2H])[2H])C([2H])([2H])C([2H])(C)C([2H])([2H])[2H])[n+](C)c1. The summed E-state index contributed by atoms with van der Waals surface area (Å²) < 4.78 is 138. The first-order valence-corrected chi connectivity index (χ1v) is 12.0. The number of benzene rings is 2. The van der Waals surface area contributed by atoms with Gasteiger partial charge in [0.2, 0.25) is 11.4 Å². The summed E-state index contributed by atoms with van der Waals surface area (Å²) in [6, 6.07) is 14.4. The molecule has 188 valence electrons. The fraction of sp³-hybridized carbons (Fsp3) is 0.353. The molecule has 2 unspecified atom stereocenters. The predicted molar refractivity (Wildman–Crippen MR) is 153 cm³/mol. The van der Waals surface area contributed by atoms with Crippen molar-refractivity contribution in [3.05, 3.63) is 83.2 Å². The molecule has 0 saturated carbocycles. The van der Waals surface area contributed by atoms with E-state index in [2.05, 4.69) is 0 Å². The molecule has 0 bridgehead atoms. The first-order valence-electron chi connectivity index (χ1n) is 19.5. The van der Waals surface area contributed by atoms with Crippen molar-refractivity contribution in [1.82, 2.24) is 4.98 Å². The Morgan fingerprint density at radius 2 is 1.81 bits per heavy atom. The molecule has 0 saturated heterocycles. The van der Waals surface area contributed by atoms with Gasteiger partial charge in [-0.25, -0.2) is 9.55 Å². The first-order chi connectivity index (χ1) is 23.6. The lowest BCUT2D eigenvalue weighted by Gasteiger charge is -2.34. The molecule has 37 heavy (non-hydrogen) atoms. The van der Waals surface area contributed by atoms with Crippen LogP contribution in [0.15, 0.2) is 65.2 Å². The number of hydrogen-bond donors (Lipinski definition) is 0. The summed E-state index contributed by atoms with van der Waals surface area (Å²) >= 11 is 0. The molecular formula is C34H37N2O+. The lowest BCUT2D eigenvalue weighted by atomic mass is 9.69. The Morgan fingerprint density at radius 1 is 1.03 bits per heavy atom. The van der Waals surface area contributed by atoms with Crippen LogP contribution in [0.4, 0.5) is 0 Å². The number of aryl methyl sites for hydroxylation is 3. The molecule has 0 aliphatic heterocycles.